The molecule has 0 saturated heterocycles. The third-order valence-corrected chi connectivity index (χ3v) is 2.76. The van der Waals surface area contributed by atoms with Crippen LogP contribution in [0.5, 0.6) is 0 Å². The zero-order valence-electron chi connectivity index (χ0n) is 7.98. The third kappa shape index (κ3) is 2.95. The van der Waals surface area contributed by atoms with E-state index in [0.717, 1.165) is 6.07 Å². The second kappa shape index (κ2) is 4.53. The summed E-state index contributed by atoms with van der Waals surface area (Å²) in [6.07, 6.45) is -4.86. The molecule has 0 aliphatic carbocycles. The van der Waals surface area contributed by atoms with Gasteiger partial charge >= 0.3 is 6.18 Å². The Kier molecular flexibility index (Phi) is 3.78. The molecule has 84 valence electrons. The smallest absolute Gasteiger partial charge is 0.388 e. The molecule has 0 saturated carbocycles. The predicted molar refractivity (Wildman–Crippen MR) is 54.4 cm³/mol. The van der Waals surface area contributed by atoms with Gasteiger partial charge in [0.2, 0.25) is 0 Å². The maximum atomic E-state index is 12.5. The number of aliphatic hydroxyl groups is 1. The minimum atomic E-state index is -4.40. The number of halogens is 4. The van der Waals surface area contributed by atoms with Gasteiger partial charge in [0.15, 0.2) is 0 Å². The van der Waals surface area contributed by atoms with E-state index >= 15 is 0 Å². The third-order valence-electron chi connectivity index (χ3n) is 2.07. The molecule has 0 radical (unpaired) electrons. The van der Waals surface area contributed by atoms with Crippen molar-refractivity contribution in [2.75, 3.05) is 0 Å². The van der Waals surface area contributed by atoms with Crippen LogP contribution in [0.1, 0.15) is 30.6 Å². The number of rotatable bonds is 2. The summed E-state index contributed by atoms with van der Waals surface area (Å²) in [6, 6.07) is 3.75. The van der Waals surface area contributed by atoms with Crippen LogP contribution in [-0.4, -0.2) is 5.11 Å². The van der Waals surface area contributed by atoms with Crippen molar-refractivity contribution < 1.29 is 18.3 Å². The largest absolute Gasteiger partial charge is 0.417 e. The van der Waals surface area contributed by atoms with Crippen molar-refractivity contribution in [3.63, 3.8) is 0 Å². The number of hydrogen-bond donors (Lipinski definition) is 1. The quantitative estimate of drug-likeness (QED) is 0.872. The van der Waals surface area contributed by atoms with Gasteiger partial charge in [-0.15, -0.1) is 0 Å². The van der Waals surface area contributed by atoms with E-state index in [-0.39, 0.29) is 10.0 Å². The summed E-state index contributed by atoms with van der Waals surface area (Å²) >= 11 is 2.84. The normalized spacial score (nSPS) is 14.0. The molecule has 0 aliphatic rings. The first-order chi connectivity index (χ1) is 6.86. The molecule has 1 rings (SSSR count). The van der Waals surface area contributed by atoms with Crippen molar-refractivity contribution in [2.24, 2.45) is 0 Å². The molecule has 0 heterocycles. The standard InChI is InChI=1S/C10H10BrF3O/c1-2-9(15)6-3-4-8(11)7(5-6)10(12,13)14/h3-5,9,15H,2H2,1H3. The monoisotopic (exact) mass is 282 g/mol. The molecule has 0 fully saturated rings. The molecule has 0 amide bonds. The molecule has 1 unspecified atom stereocenters. The fourth-order valence-corrected chi connectivity index (χ4v) is 1.67. The highest BCUT2D eigenvalue weighted by Gasteiger charge is 2.33. The number of benzene rings is 1. The van der Waals surface area contributed by atoms with Crippen LogP contribution in [-0.2, 0) is 6.18 Å². The number of alkyl halides is 3. The zero-order valence-corrected chi connectivity index (χ0v) is 9.56. The van der Waals surface area contributed by atoms with Crippen LogP contribution in [0.25, 0.3) is 0 Å². The average molecular weight is 283 g/mol. The molecular formula is C10H10BrF3O. The second-order valence-electron chi connectivity index (χ2n) is 3.16. The lowest BCUT2D eigenvalue weighted by Gasteiger charge is -2.13. The van der Waals surface area contributed by atoms with Gasteiger partial charge in [0, 0.05) is 4.47 Å². The Bertz CT molecular complexity index is 349. The summed E-state index contributed by atoms with van der Waals surface area (Å²) in [5.41, 5.74) is -0.472. The van der Waals surface area contributed by atoms with Crippen molar-refractivity contribution in [3.8, 4) is 0 Å². The zero-order chi connectivity index (χ0) is 11.6. The molecule has 1 aromatic rings. The van der Waals surface area contributed by atoms with Crippen LogP contribution in [0.3, 0.4) is 0 Å². The van der Waals surface area contributed by atoms with Crippen molar-refractivity contribution in [1.29, 1.82) is 0 Å². The highest BCUT2D eigenvalue weighted by atomic mass is 79.9. The molecule has 5 heteroatoms. The summed E-state index contributed by atoms with van der Waals surface area (Å²) in [4.78, 5) is 0. The van der Waals surface area contributed by atoms with E-state index in [1.807, 2.05) is 0 Å². The van der Waals surface area contributed by atoms with Gasteiger partial charge in [-0.2, -0.15) is 13.2 Å². The lowest BCUT2D eigenvalue weighted by molar-refractivity contribution is -0.138. The maximum Gasteiger partial charge on any atom is 0.417 e. The van der Waals surface area contributed by atoms with Crippen molar-refractivity contribution >= 4 is 15.9 Å². The van der Waals surface area contributed by atoms with E-state index in [1.54, 1.807) is 6.92 Å². The molecule has 1 nitrogen and oxygen atoms in total. The van der Waals surface area contributed by atoms with E-state index in [2.05, 4.69) is 15.9 Å². The minimum absolute atomic E-state index is 0.0120. The highest BCUT2D eigenvalue weighted by Crippen LogP contribution is 2.36. The Morgan fingerprint density at radius 1 is 1.40 bits per heavy atom. The Hall–Kier alpha value is -0.550. The fraction of sp³-hybridized carbons (Fsp3) is 0.400. The van der Waals surface area contributed by atoms with Crippen LogP contribution in [0, 0.1) is 0 Å². The summed E-state index contributed by atoms with van der Waals surface area (Å²) in [7, 11) is 0. The first-order valence-electron chi connectivity index (χ1n) is 4.41. The molecule has 0 spiro atoms. The summed E-state index contributed by atoms with van der Waals surface area (Å²) in [5.74, 6) is 0. The topological polar surface area (TPSA) is 20.2 Å². The Balaban J connectivity index is 3.17. The van der Waals surface area contributed by atoms with Crippen LogP contribution >= 0.6 is 15.9 Å². The van der Waals surface area contributed by atoms with E-state index in [9.17, 15) is 18.3 Å². The lowest BCUT2D eigenvalue weighted by Crippen LogP contribution is -2.08. The van der Waals surface area contributed by atoms with Crippen LogP contribution in [0.2, 0.25) is 0 Å². The Morgan fingerprint density at radius 3 is 2.47 bits per heavy atom. The van der Waals surface area contributed by atoms with Crippen LogP contribution in [0.4, 0.5) is 13.2 Å². The van der Waals surface area contributed by atoms with Gasteiger partial charge in [-0.05, 0) is 24.1 Å². The van der Waals surface area contributed by atoms with Crippen LogP contribution in [0.15, 0.2) is 22.7 Å². The fourth-order valence-electron chi connectivity index (χ4n) is 1.20. The van der Waals surface area contributed by atoms with Gasteiger partial charge in [0.25, 0.3) is 0 Å². The van der Waals surface area contributed by atoms with Gasteiger partial charge in [-0.1, -0.05) is 28.9 Å². The van der Waals surface area contributed by atoms with Gasteiger partial charge in [-0.3, -0.25) is 0 Å². The summed E-state index contributed by atoms with van der Waals surface area (Å²) in [6.45, 7) is 1.71. The van der Waals surface area contributed by atoms with Gasteiger partial charge in [-0.25, -0.2) is 0 Å². The number of hydrogen-bond acceptors (Lipinski definition) is 1. The highest BCUT2D eigenvalue weighted by molar-refractivity contribution is 9.10. The van der Waals surface area contributed by atoms with Crippen LogP contribution < -0.4 is 0 Å². The SMILES string of the molecule is CCC(O)c1ccc(Br)c(C(F)(F)F)c1. The van der Waals surface area contributed by atoms with Gasteiger partial charge in [0.1, 0.15) is 0 Å². The van der Waals surface area contributed by atoms with E-state index in [1.165, 1.54) is 12.1 Å². The predicted octanol–water partition coefficient (Wildman–Crippen LogP) is 3.91. The molecule has 1 atom stereocenters. The van der Waals surface area contributed by atoms with E-state index in [4.69, 9.17) is 0 Å². The van der Waals surface area contributed by atoms with Crippen molar-refractivity contribution in [2.45, 2.75) is 25.6 Å². The average Bonchev–Trinajstić information content (AvgIpc) is 2.15. The Morgan fingerprint density at radius 2 is 2.00 bits per heavy atom. The summed E-state index contributed by atoms with van der Waals surface area (Å²) < 4.78 is 37.4. The molecule has 1 aromatic carbocycles. The van der Waals surface area contributed by atoms with Crippen molar-refractivity contribution in [1.82, 2.24) is 0 Å². The van der Waals surface area contributed by atoms with E-state index < -0.39 is 17.8 Å². The number of aliphatic hydroxyl groups excluding tert-OH is 1. The van der Waals surface area contributed by atoms with Gasteiger partial charge < -0.3 is 5.11 Å². The molecular weight excluding hydrogens is 273 g/mol. The molecule has 15 heavy (non-hydrogen) atoms. The van der Waals surface area contributed by atoms with Gasteiger partial charge in [0.05, 0.1) is 11.7 Å². The molecule has 0 aromatic heterocycles. The Labute approximate surface area is 94.0 Å². The first-order valence-corrected chi connectivity index (χ1v) is 5.20. The minimum Gasteiger partial charge on any atom is -0.388 e. The molecule has 0 bridgehead atoms. The van der Waals surface area contributed by atoms with E-state index in [0.29, 0.717) is 6.42 Å². The van der Waals surface area contributed by atoms with Crippen molar-refractivity contribution in [3.05, 3.63) is 33.8 Å². The molecule has 0 aliphatic heterocycles. The maximum absolute atomic E-state index is 12.5. The first kappa shape index (κ1) is 12.5. The molecule has 1 N–H and O–H groups in total. The lowest BCUT2D eigenvalue weighted by atomic mass is 10.0. The summed E-state index contributed by atoms with van der Waals surface area (Å²) in [5, 5.41) is 9.43. The second-order valence-corrected chi connectivity index (χ2v) is 4.02.